The molecular formula is C13H14N2O4S. The van der Waals surface area contributed by atoms with Crippen LogP contribution in [0.3, 0.4) is 0 Å². The molecule has 0 saturated heterocycles. The number of nitrogens with one attached hydrogen (secondary N) is 2. The molecule has 0 spiro atoms. The van der Waals surface area contributed by atoms with Gasteiger partial charge in [0.1, 0.15) is 0 Å². The zero-order valence-electron chi connectivity index (χ0n) is 11.0. The number of amides is 1. The fourth-order valence-corrected chi connectivity index (χ4v) is 2.25. The lowest BCUT2D eigenvalue weighted by molar-refractivity contribution is 0.0991. The van der Waals surface area contributed by atoms with E-state index in [2.05, 4.69) is 10.0 Å². The number of rotatable bonds is 4. The van der Waals surface area contributed by atoms with Crippen LogP contribution < -0.4 is 10.0 Å². The van der Waals surface area contributed by atoms with Gasteiger partial charge in [-0.05, 0) is 43.8 Å². The van der Waals surface area contributed by atoms with E-state index >= 15 is 0 Å². The first-order valence-corrected chi connectivity index (χ1v) is 7.32. The number of aryl methyl sites for hydroxylation is 1. The Balaban J connectivity index is 2.19. The molecule has 0 saturated carbocycles. The number of furan rings is 1. The summed E-state index contributed by atoms with van der Waals surface area (Å²) >= 11 is 0. The minimum atomic E-state index is -3.69. The third-order valence-electron chi connectivity index (χ3n) is 2.61. The quantitative estimate of drug-likeness (QED) is 0.899. The molecule has 0 atom stereocenters. The van der Waals surface area contributed by atoms with Gasteiger partial charge in [0.15, 0.2) is 5.76 Å². The third kappa shape index (κ3) is 3.06. The van der Waals surface area contributed by atoms with Crippen LogP contribution >= 0.6 is 0 Å². The van der Waals surface area contributed by atoms with Crippen LogP contribution in [0.5, 0.6) is 0 Å². The highest BCUT2D eigenvalue weighted by Gasteiger charge is 2.19. The predicted octanol–water partition coefficient (Wildman–Crippen LogP) is 1.75. The van der Waals surface area contributed by atoms with Gasteiger partial charge in [-0.25, -0.2) is 13.1 Å². The van der Waals surface area contributed by atoms with Gasteiger partial charge in [0, 0.05) is 5.69 Å². The summed E-state index contributed by atoms with van der Waals surface area (Å²) in [7, 11) is -2.42. The molecule has 2 rings (SSSR count). The Labute approximate surface area is 116 Å². The van der Waals surface area contributed by atoms with Crippen molar-refractivity contribution in [3.05, 3.63) is 47.7 Å². The summed E-state index contributed by atoms with van der Waals surface area (Å²) in [5.74, 6) is -0.575. The van der Waals surface area contributed by atoms with Crippen molar-refractivity contribution in [3.8, 4) is 0 Å². The SMILES string of the molecule is CNS(=O)(=O)c1ccc(C(=O)Nc2cccc(C)c2)o1. The van der Waals surface area contributed by atoms with Crippen LogP contribution in [0.25, 0.3) is 0 Å². The molecule has 0 radical (unpaired) electrons. The van der Waals surface area contributed by atoms with E-state index in [-0.39, 0.29) is 10.9 Å². The highest BCUT2D eigenvalue weighted by atomic mass is 32.2. The van der Waals surface area contributed by atoms with Gasteiger partial charge in [-0.1, -0.05) is 12.1 Å². The van der Waals surface area contributed by atoms with Crippen LogP contribution in [0.2, 0.25) is 0 Å². The van der Waals surface area contributed by atoms with Crippen molar-refractivity contribution in [1.29, 1.82) is 0 Å². The van der Waals surface area contributed by atoms with E-state index in [1.54, 1.807) is 12.1 Å². The largest absolute Gasteiger partial charge is 0.438 e. The Bertz CT molecular complexity index is 734. The normalized spacial score (nSPS) is 11.3. The second-order valence-electron chi connectivity index (χ2n) is 4.15. The van der Waals surface area contributed by atoms with E-state index in [0.29, 0.717) is 5.69 Å². The van der Waals surface area contributed by atoms with Crippen molar-refractivity contribution in [3.63, 3.8) is 0 Å². The van der Waals surface area contributed by atoms with E-state index in [4.69, 9.17) is 4.42 Å². The molecule has 1 aromatic heterocycles. The van der Waals surface area contributed by atoms with E-state index in [9.17, 15) is 13.2 Å². The van der Waals surface area contributed by atoms with Crippen molar-refractivity contribution >= 4 is 21.6 Å². The molecule has 6 nitrogen and oxygen atoms in total. The zero-order valence-corrected chi connectivity index (χ0v) is 11.8. The average molecular weight is 294 g/mol. The number of carbonyl (C=O) groups is 1. The second kappa shape index (κ2) is 5.48. The summed E-state index contributed by atoms with van der Waals surface area (Å²) in [5, 5.41) is 2.34. The van der Waals surface area contributed by atoms with Crippen molar-refractivity contribution < 1.29 is 17.6 Å². The first kappa shape index (κ1) is 14.3. The Hall–Kier alpha value is -2.12. The lowest BCUT2D eigenvalue weighted by atomic mass is 10.2. The molecule has 20 heavy (non-hydrogen) atoms. The Kier molecular flexibility index (Phi) is 3.91. The molecule has 0 aliphatic carbocycles. The Morgan fingerprint density at radius 3 is 2.60 bits per heavy atom. The molecule has 0 unspecified atom stereocenters. The van der Waals surface area contributed by atoms with Gasteiger partial charge in [0.2, 0.25) is 5.09 Å². The first-order chi connectivity index (χ1) is 9.42. The molecule has 1 amide bonds. The van der Waals surface area contributed by atoms with E-state index in [1.165, 1.54) is 19.2 Å². The van der Waals surface area contributed by atoms with Crippen LogP contribution in [0.4, 0.5) is 5.69 Å². The summed E-state index contributed by atoms with van der Waals surface area (Å²) in [5.41, 5.74) is 1.62. The molecule has 1 aromatic carbocycles. The zero-order chi connectivity index (χ0) is 14.8. The molecule has 106 valence electrons. The number of anilines is 1. The van der Waals surface area contributed by atoms with Crippen LogP contribution in [0.1, 0.15) is 16.1 Å². The highest BCUT2D eigenvalue weighted by Crippen LogP contribution is 2.16. The maximum absolute atomic E-state index is 11.9. The van der Waals surface area contributed by atoms with Gasteiger partial charge in [-0.3, -0.25) is 4.79 Å². The Morgan fingerprint density at radius 1 is 1.20 bits per heavy atom. The topological polar surface area (TPSA) is 88.4 Å². The van der Waals surface area contributed by atoms with Gasteiger partial charge in [-0.2, -0.15) is 0 Å². The van der Waals surface area contributed by atoms with E-state index < -0.39 is 15.9 Å². The van der Waals surface area contributed by atoms with Gasteiger partial charge in [0.25, 0.3) is 15.9 Å². The standard InChI is InChI=1S/C13H14N2O4S/c1-9-4-3-5-10(8-9)15-13(16)11-6-7-12(19-11)20(17,18)14-2/h3-8,14H,1-2H3,(H,15,16). The molecule has 0 bridgehead atoms. The molecular weight excluding hydrogens is 280 g/mol. The van der Waals surface area contributed by atoms with E-state index in [1.807, 2.05) is 19.1 Å². The predicted molar refractivity (Wildman–Crippen MR) is 74.1 cm³/mol. The number of benzene rings is 1. The lowest BCUT2D eigenvalue weighted by Gasteiger charge is -2.03. The summed E-state index contributed by atoms with van der Waals surface area (Å²) < 4.78 is 30.2. The van der Waals surface area contributed by atoms with Crippen LogP contribution in [0, 0.1) is 6.92 Å². The van der Waals surface area contributed by atoms with Crippen molar-refractivity contribution in [2.45, 2.75) is 12.0 Å². The van der Waals surface area contributed by atoms with Gasteiger partial charge in [0.05, 0.1) is 0 Å². The summed E-state index contributed by atoms with van der Waals surface area (Å²) in [6.45, 7) is 1.90. The third-order valence-corrected chi connectivity index (χ3v) is 3.90. The number of hydrogen-bond acceptors (Lipinski definition) is 4. The number of carbonyl (C=O) groups excluding carboxylic acids is 1. The molecule has 1 heterocycles. The number of hydrogen-bond donors (Lipinski definition) is 2. The minimum absolute atomic E-state index is 0.0691. The lowest BCUT2D eigenvalue weighted by Crippen LogP contribution is -2.18. The molecule has 2 N–H and O–H groups in total. The maximum atomic E-state index is 11.9. The molecule has 0 aliphatic heterocycles. The highest BCUT2D eigenvalue weighted by molar-refractivity contribution is 7.89. The first-order valence-electron chi connectivity index (χ1n) is 5.84. The number of sulfonamides is 1. The fraction of sp³-hybridized carbons (Fsp3) is 0.154. The minimum Gasteiger partial charge on any atom is -0.438 e. The van der Waals surface area contributed by atoms with Crippen molar-refractivity contribution in [2.75, 3.05) is 12.4 Å². The average Bonchev–Trinajstić information content (AvgIpc) is 2.89. The van der Waals surface area contributed by atoms with Crippen LogP contribution in [0.15, 0.2) is 45.9 Å². The van der Waals surface area contributed by atoms with Crippen LogP contribution in [-0.2, 0) is 10.0 Å². The maximum Gasteiger partial charge on any atom is 0.291 e. The van der Waals surface area contributed by atoms with Gasteiger partial charge in [-0.15, -0.1) is 0 Å². The Morgan fingerprint density at radius 2 is 1.95 bits per heavy atom. The smallest absolute Gasteiger partial charge is 0.291 e. The fourth-order valence-electron chi connectivity index (χ4n) is 1.60. The summed E-state index contributed by atoms with van der Waals surface area (Å²) in [6.07, 6.45) is 0. The van der Waals surface area contributed by atoms with Gasteiger partial charge < -0.3 is 9.73 Å². The second-order valence-corrected chi connectivity index (χ2v) is 5.97. The van der Waals surface area contributed by atoms with Gasteiger partial charge >= 0.3 is 0 Å². The van der Waals surface area contributed by atoms with Crippen molar-refractivity contribution in [1.82, 2.24) is 4.72 Å². The molecule has 7 heteroatoms. The van der Waals surface area contributed by atoms with Crippen LogP contribution in [-0.4, -0.2) is 21.4 Å². The summed E-state index contributed by atoms with van der Waals surface area (Å²) in [4.78, 5) is 11.9. The molecule has 0 aliphatic rings. The van der Waals surface area contributed by atoms with Crippen molar-refractivity contribution in [2.24, 2.45) is 0 Å². The molecule has 0 fully saturated rings. The monoisotopic (exact) mass is 294 g/mol. The van der Waals surface area contributed by atoms with E-state index in [0.717, 1.165) is 5.56 Å². The summed E-state index contributed by atoms with van der Waals surface area (Å²) in [6, 6.07) is 9.79. The molecule has 2 aromatic rings.